The van der Waals surface area contributed by atoms with Gasteiger partial charge in [-0.1, -0.05) is 31.9 Å². The summed E-state index contributed by atoms with van der Waals surface area (Å²) in [5.41, 5.74) is 1.32. The van der Waals surface area contributed by atoms with Crippen LogP contribution >= 0.6 is 0 Å². The molecule has 21 heavy (non-hydrogen) atoms. The lowest BCUT2D eigenvalue weighted by Gasteiger charge is -2.26. The fourth-order valence-electron chi connectivity index (χ4n) is 2.88. The van der Waals surface area contributed by atoms with Crippen LogP contribution in [0, 0.1) is 5.41 Å². The first-order chi connectivity index (χ1) is 9.77. The van der Waals surface area contributed by atoms with Gasteiger partial charge in [0, 0.05) is 12.6 Å². The quantitative estimate of drug-likeness (QED) is 0.842. The van der Waals surface area contributed by atoms with Crippen molar-refractivity contribution in [3.05, 3.63) is 29.8 Å². The Hall–Kier alpha value is -1.23. The van der Waals surface area contributed by atoms with Crippen molar-refractivity contribution in [3.63, 3.8) is 0 Å². The Morgan fingerprint density at radius 3 is 2.29 bits per heavy atom. The third-order valence-electron chi connectivity index (χ3n) is 4.26. The van der Waals surface area contributed by atoms with E-state index in [4.69, 9.17) is 0 Å². The molecule has 1 unspecified atom stereocenters. The van der Waals surface area contributed by atoms with Crippen molar-refractivity contribution >= 4 is 0 Å². The lowest BCUT2D eigenvalue weighted by Crippen LogP contribution is -2.31. The summed E-state index contributed by atoms with van der Waals surface area (Å²) in [6.07, 6.45) is 0.421. The van der Waals surface area contributed by atoms with Crippen molar-refractivity contribution in [2.45, 2.75) is 51.9 Å². The predicted octanol–water partition coefficient (Wildman–Crippen LogP) is 4.82. The van der Waals surface area contributed by atoms with Crippen molar-refractivity contribution in [2.24, 2.45) is 5.41 Å². The maximum atomic E-state index is 12.1. The second kappa shape index (κ2) is 6.26. The molecule has 1 saturated carbocycles. The van der Waals surface area contributed by atoms with E-state index in [2.05, 4.69) is 17.0 Å². The molecule has 0 saturated heterocycles. The molecular formula is C16H22F3NO. The van der Waals surface area contributed by atoms with E-state index in [1.807, 2.05) is 6.92 Å². The summed E-state index contributed by atoms with van der Waals surface area (Å²) in [7, 11) is 0. The van der Waals surface area contributed by atoms with Crippen molar-refractivity contribution in [1.29, 1.82) is 0 Å². The Balaban J connectivity index is 1.89. The van der Waals surface area contributed by atoms with Crippen molar-refractivity contribution in [1.82, 2.24) is 5.32 Å². The van der Waals surface area contributed by atoms with Gasteiger partial charge in [0.2, 0.25) is 0 Å². The van der Waals surface area contributed by atoms with Gasteiger partial charge >= 0.3 is 6.36 Å². The highest BCUT2D eigenvalue weighted by Gasteiger charge is 2.31. The Kier molecular flexibility index (Phi) is 4.81. The minimum atomic E-state index is -4.64. The zero-order valence-corrected chi connectivity index (χ0v) is 12.5. The molecule has 0 aliphatic heterocycles. The summed E-state index contributed by atoms with van der Waals surface area (Å²) >= 11 is 0. The minimum absolute atomic E-state index is 0.113. The molecule has 1 aliphatic rings. The normalized spacial score (nSPS) is 19.5. The Morgan fingerprint density at radius 1 is 1.19 bits per heavy atom. The SMILES string of the molecule is CC(NCC1(C)CCCC1)c1ccc(OC(F)(F)F)cc1. The zero-order chi connectivity index (χ0) is 15.5. The van der Waals surface area contributed by atoms with Gasteiger partial charge in [-0.25, -0.2) is 0 Å². The van der Waals surface area contributed by atoms with E-state index < -0.39 is 6.36 Å². The molecule has 1 aliphatic carbocycles. The smallest absolute Gasteiger partial charge is 0.406 e. The lowest BCUT2D eigenvalue weighted by molar-refractivity contribution is -0.274. The maximum absolute atomic E-state index is 12.1. The van der Waals surface area contributed by atoms with Crippen LogP contribution in [0.3, 0.4) is 0 Å². The molecule has 118 valence electrons. The molecule has 1 atom stereocenters. The fourth-order valence-corrected chi connectivity index (χ4v) is 2.88. The number of nitrogens with one attached hydrogen (secondary N) is 1. The average Bonchev–Trinajstić information content (AvgIpc) is 2.82. The molecule has 5 heteroatoms. The second-order valence-corrected chi connectivity index (χ2v) is 6.24. The highest BCUT2D eigenvalue weighted by Crippen LogP contribution is 2.37. The Bertz CT molecular complexity index is 450. The number of alkyl halides is 3. The molecular weight excluding hydrogens is 279 g/mol. The van der Waals surface area contributed by atoms with E-state index >= 15 is 0 Å². The van der Waals surface area contributed by atoms with Gasteiger partial charge in [-0.05, 0) is 42.9 Å². The molecule has 1 fully saturated rings. The van der Waals surface area contributed by atoms with Gasteiger partial charge in [0.15, 0.2) is 0 Å². The van der Waals surface area contributed by atoms with E-state index in [1.165, 1.54) is 37.8 Å². The monoisotopic (exact) mass is 301 g/mol. The van der Waals surface area contributed by atoms with Gasteiger partial charge in [-0.15, -0.1) is 13.2 Å². The topological polar surface area (TPSA) is 21.3 Å². The summed E-state index contributed by atoms with van der Waals surface area (Å²) in [5.74, 6) is -0.179. The standard InChI is InChI=1S/C16H22F3NO/c1-12(20-11-15(2)9-3-4-10-15)13-5-7-14(8-6-13)21-16(17,18)19/h5-8,12,20H,3-4,9-11H2,1-2H3. The van der Waals surface area contributed by atoms with Crippen LogP contribution in [-0.4, -0.2) is 12.9 Å². The van der Waals surface area contributed by atoms with Crippen LogP contribution in [0.4, 0.5) is 13.2 Å². The summed E-state index contributed by atoms with van der Waals surface area (Å²) in [6, 6.07) is 6.18. The molecule has 0 heterocycles. The summed E-state index contributed by atoms with van der Waals surface area (Å²) in [6.45, 7) is 5.26. The van der Waals surface area contributed by atoms with Crippen LogP contribution in [0.15, 0.2) is 24.3 Å². The highest BCUT2D eigenvalue weighted by molar-refractivity contribution is 5.29. The molecule has 1 aromatic carbocycles. The van der Waals surface area contributed by atoms with Gasteiger partial charge in [-0.2, -0.15) is 0 Å². The van der Waals surface area contributed by atoms with Gasteiger partial charge in [-0.3, -0.25) is 0 Å². The summed E-state index contributed by atoms with van der Waals surface area (Å²) in [4.78, 5) is 0. The van der Waals surface area contributed by atoms with Crippen LogP contribution in [0.5, 0.6) is 5.75 Å². The van der Waals surface area contributed by atoms with Crippen LogP contribution in [-0.2, 0) is 0 Å². The van der Waals surface area contributed by atoms with E-state index in [1.54, 1.807) is 12.1 Å². The number of rotatable bonds is 5. The molecule has 0 bridgehead atoms. The summed E-state index contributed by atoms with van der Waals surface area (Å²) < 4.78 is 40.2. The first-order valence-electron chi connectivity index (χ1n) is 7.37. The maximum Gasteiger partial charge on any atom is 0.573 e. The van der Waals surface area contributed by atoms with E-state index in [-0.39, 0.29) is 11.8 Å². The van der Waals surface area contributed by atoms with Gasteiger partial charge in [0.05, 0.1) is 0 Å². The van der Waals surface area contributed by atoms with E-state index in [0.29, 0.717) is 5.41 Å². The molecule has 0 aromatic heterocycles. The van der Waals surface area contributed by atoms with Gasteiger partial charge < -0.3 is 10.1 Å². The fraction of sp³-hybridized carbons (Fsp3) is 0.625. The highest BCUT2D eigenvalue weighted by atomic mass is 19.4. The Labute approximate surface area is 123 Å². The van der Waals surface area contributed by atoms with E-state index in [9.17, 15) is 13.2 Å². The molecule has 2 nitrogen and oxygen atoms in total. The third kappa shape index (κ3) is 4.92. The first-order valence-corrected chi connectivity index (χ1v) is 7.37. The summed E-state index contributed by atoms with van der Waals surface area (Å²) in [5, 5.41) is 3.49. The average molecular weight is 301 g/mol. The number of hydrogen-bond acceptors (Lipinski definition) is 2. The number of halogens is 3. The van der Waals surface area contributed by atoms with Crippen LogP contribution < -0.4 is 10.1 Å². The third-order valence-corrected chi connectivity index (χ3v) is 4.26. The molecule has 0 amide bonds. The first kappa shape index (κ1) is 16.1. The molecule has 2 rings (SSSR count). The van der Waals surface area contributed by atoms with E-state index in [0.717, 1.165) is 12.1 Å². The molecule has 1 aromatic rings. The largest absolute Gasteiger partial charge is 0.573 e. The second-order valence-electron chi connectivity index (χ2n) is 6.24. The number of ether oxygens (including phenoxy) is 1. The predicted molar refractivity (Wildman–Crippen MR) is 76.1 cm³/mol. The minimum Gasteiger partial charge on any atom is -0.406 e. The van der Waals surface area contributed by atoms with Gasteiger partial charge in [0.1, 0.15) is 5.75 Å². The van der Waals surface area contributed by atoms with Crippen molar-refractivity contribution in [2.75, 3.05) is 6.54 Å². The van der Waals surface area contributed by atoms with Crippen LogP contribution in [0.1, 0.15) is 51.1 Å². The van der Waals surface area contributed by atoms with Gasteiger partial charge in [0.25, 0.3) is 0 Å². The van der Waals surface area contributed by atoms with Crippen molar-refractivity contribution < 1.29 is 17.9 Å². The zero-order valence-electron chi connectivity index (χ0n) is 12.5. The van der Waals surface area contributed by atoms with Crippen LogP contribution in [0.2, 0.25) is 0 Å². The molecule has 0 radical (unpaired) electrons. The Morgan fingerprint density at radius 2 is 1.76 bits per heavy atom. The lowest BCUT2D eigenvalue weighted by atomic mass is 9.88. The van der Waals surface area contributed by atoms with Crippen LogP contribution in [0.25, 0.3) is 0 Å². The number of benzene rings is 1. The molecule has 0 spiro atoms. The molecule has 1 N–H and O–H groups in total. The van der Waals surface area contributed by atoms with Crippen molar-refractivity contribution in [3.8, 4) is 5.75 Å². The number of hydrogen-bond donors (Lipinski definition) is 1.